The first-order chi connectivity index (χ1) is 9.54. The Morgan fingerprint density at radius 2 is 2.20 bits per heavy atom. The molecule has 0 aliphatic carbocycles. The molecular formula is C15H21N3O2. The minimum atomic E-state index is -0.325. The summed E-state index contributed by atoms with van der Waals surface area (Å²) in [7, 11) is 0. The summed E-state index contributed by atoms with van der Waals surface area (Å²) in [5.74, 6) is 0.380. The van der Waals surface area contributed by atoms with Crippen LogP contribution in [-0.2, 0) is 11.2 Å². The normalized spacial score (nSPS) is 26.1. The van der Waals surface area contributed by atoms with Crippen LogP contribution in [0.2, 0.25) is 0 Å². The van der Waals surface area contributed by atoms with Gasteiger partial charge in [-0.25, -0.2) is 0 Å². The third-order valence-electron chi connectivity index (χ3n) is 4.41. The second-order valence-electron chi connectivity index (χ2n) is 5.90. The van der Waals surface area contributed by atoms with Crippen molar-refractivity contribution in [3.05, 3.63) is 17.7 Å². The Hall–Kier alpha value is -1.75. The van der Waals surface area contributed by atoms with E-state index in [2.05, 4.69) is 17.1 Å². The van der Waals surface area contributed by atoms with E-state index in [-0.39, 0.29) is 12.0 Å². The summed E-state index contributed by atoms with van der Waals surface area (Å²) in [6, 6.07) is 3.90. The molecule has 1 amide bonds. The number of β-amino-alcohol motifs (C(OH)–C–C–N with tert-alkyl or cyclic N) is 1. The lowest BCUT2D eigenvalue weighted by Crippen LogP contribution is -2.43. The maximum Gasteiger partial charge on any atom is 0.224 e. The number of amides is 1. The van der Waals surface area contributed by atoms with Crippen molar-refractivity contribution in [1.82, 2.24) is 0 Å². The Kier molecular flexibility index (Phi) is 3.30. The quantitative estimate of drug-likeness (QED) is 0.676. The van der Waals surface area contributed by atoms with Gasteiger partial charge >= 0.3 is 0 Å². The fraction of sp³-hybridized carbons (Fsp3) is 0.533. The van der Waals surface area contributed by atoms with Gasteiger partial charge in [0.2, 0.25) is 5.91 Å². The van der Waals surface area contributed by atoms with Crippen molar-refractivity contribution >= 4 is 23.0 Å². The van der Waals surface area contributed by atoms with E-state index in [4.69, 9.17) is 5.73 Å². The molecule has 0 spiro atoms. The summed E-state index contributed by atoms with van der Waals surface area (Å²) in [5.41, 5.74) is 9.75. The smallest absolute Gasteiger partial charge is 0.224 e. The average Bonchev–Trinajstić information content (AvgIpc) is 2.42. The fourth-order valence-electron chi connectivity index (χ4n) is 2.98. The summed E-state index contributed by atoms with van der Waals surface area (Å²) in [6.07, 6.45) is 1.88. The fourth-order valence-corrected chi connectivity index (χ4v) is 2.98. The van der Waals surface area contributed by atoms with Crippen LogP contribution in [0.1, 0.15) is 25.3 Å². The number of carbonyl (C=O) groups excluding carboxylic acids is 1. The summed E-state index contributed by atoms with van der Waals surface area (Å²) in [5, 5.41) is 12.9. The molecule has 2 aliphatic rings. The molecule has 4 N–H and O–H groups in total. The number of fused-ring (bicyclic) bond motifs is 1. The average molecular weight is 275 g/mol. The Balaban J connectivity index is 1.90. The SMILES string of the molecule is CC1CCN(c2cc3c(cc2N)CCC(=O)N3)CC1O. The number of hydrogen-bond donors (Lipinski definition) is 3. The zero-order valence-corrected chi connectivity index (χ0v) is 11.7. The number of carbonyl (C=O) groups is 1. The van der Waals surface area contributed by atoms with Crippen LogP contribution in [-0.4, -0.2) is 30.2 Å². The number of nitrogens with one attached hydrogen (secondary N) is 1. The third kappa shape index (κ3) is 2.33. The van der Waals surface area contributed by atoms with Crippen LogP contribution in [0.15, 0.2) is 12.1 Å². The van der Waals surface area contributed by atoms with E-state index < -0.39 is 0 Å². The van der Waals surface area contributed by atoms with Crippen molar-refractivity contribution in [2.45, 2.75) is 32.3 Å². The van der Waals surface area contributed by atoms with Crippen LogP contribution >= 0.6 is 0 Å². The van der Waals surface area contributed by atoms with E-state index in [0.717, 1.165) is 42.0 Å². The van der Waals surface area contributed by atoms with Crippen molar-refractivity contribution in [2.24, 2.45) is 5.92 Å². The minimum absolute atomic E-state index is 0.0560. The lowest BCUT2D eigenvalue weighted by Gasteiger charge is -2.37. The summed E-state index contributed by atoms with van der Waals surface area (Å²) < 4.78 is 0. The molecule has 5 heteroatoms. The molecule has 108 valence electrons. The van der Waals surface area contributed by atoms with Crippen LogP contribution in [0, 0.1) is 5.92 Å². The Bertz CT molecular complexity index is 544. The van der Waals surface area contributed by atoms with Gasteiger partial charge in [-0.2, -0.15) is 0 Å². The number of aliphatic hydroxyl groups excluding tert-OH is 1. The number of anilines is 3. The molecule has 0 bridgehead atoms. The van der Waals surface area contributed by atoms with E-state index >= 15 is 0 Å². The Morgan fingerprint density at radius 1 is 1.40 bits per heavy atom. The van der Waals surface area contributed by atoms with Crippen molar-refractivity contribution in [3.8, 4) is 0 Å². The maximum atomic E-state index is 11.5. The van der Waals surface area contributed by atoms with Gasteiger partial charge < -0.3 is 21.1 Å². The van der Waals surface area contributed by atoms with Crippen LogP contribution in [0.3, 0.4) is 0 Å². The molecule has 3 rings (SSSR count). The number of hydrogen-bond acceptors (Lipinski definition) is 4. The van der Waals surface area contributed by atoms with Gasteiger partial charge in [-0.1, -0.05) is 6.92 Å². The zero-order valence-electron chi connectivity index (χ0n) is 11.7. The van der Waals surface area contributed by atoms with Gasteiger partial charge in [-0.3, -0.25) is 4.79 Å². The minimum Gasteiger partial charge on any atom is -0.397 e. The number of aryl methyl sites for hydroxylation is 1. The monoisotopic (exact) mass is 275 g/mol. The van der Waals surface area contributed by atoms with Crippen molar-refractivity contribution in [2.75, 3.05) is 29.0 Å². The number of rotatable bonds is 1. The number of aliphatic hydroxyl groups is 1. The standard InChI is InChI=1S/C15H21N3O2/c1-9-4-5-18(8-14(9)19)13-7-12-10(6-11(13)16)2-3-15(20)17-12/h6-7,9,14,19H,2-5,8,16H2,1H3,(H,17,20). The first-order valence-electron chi connectivity index (χ1n) is 7.20. The van der Waals surface area contributed by atoms with Gasteiger partial charge in [0.05, 0.1) is 17.5 Å². The van der Waals surface area contributed by atoms with E-state index in [1.165, 1.54) is 0 Å². The summed E-state index contributed by atoms with van der Waals surface area (Å²) in [6.45, 7) is 3.55. The Morgan fingerprint density at radius 3 is 2.95 bits per heavy atom. The highest BCUT2D eigenvalue weighted by Crippen LogP contribution is 2.35. The molecule has 0 aromatic heterocycles. The molecular weight excluding hydrogens is 254 g/mol. The predicted molar refractivity (Wildman–Crippen MR) is 79.8 cm³/mol. The number of nitrogens with zero attached hydrogens (tertiary/aromatic N) is 1. The van der Waals surface area contributed by atoms with Crippen LogP contribution < -0.4 is 16.0 Å². The van der Waals surface area contributed by atoms with Crippen molar-refractivity contribution in [3.63, 3.8) is 0 Å². The first kappa shape index (κ1) is 13.2. The van der Waals surface area contributed by atoms with Gasteiger partial charge in [-0.05, 0) is 36.5 Å². The molecule has 2 atom stereocenters. The summed E-state index contributed by atoms with van der Waals surface area (Å²) in [4.78, 5) is 13.6. The van der Waals surface area contributed by atoms with Gasteiger partial charge in [0.15, 0.2) is 0 Å². The van der Waals surface area contributed by atoms with Gasteiger partial charge in [0.1, 0.15) is 0 Å². The lowest BCUT2D eigenvalue weighted by molar-refractivity contribution is -0.116. The summed E-state index contributed by atoms with van der Waals surface area (Å²) >= 11 is 0. The molecule has 0 radical (unpaired) electrons. The highest BCUT2D eigenvalue weighted by atomic mass is 16.3. The van der Waals surface area contributed by atoms with Gasteiger partial charge in [0.25, 0.3) is 0 Å². The van der Waals surface area contributed by atoms with E-state index in [9.17, 15) is 9.90 Å². The second-order valence-corrected chi connectivity index (χ2v) is 5.90. The van der Waals surface area contributed by atoms with Crippen LogP contribution in [0.4, 0.5) is 17.1 Å². The van der Waals surface area contributed by atoms with Gasteiger partial charge in [-0.15, -0.1) is 0 Å². The molecule has 1 aromatic carbocycles. The topological polar surface area (TPSA) is 78.6 Å². The lowest BCUT2D eigenvalue weighted by atomic mass is 9.94. The van der Waals surface area contributed by atoms with E-state index in [0.29, 0.717) is 18.9 Å². The molecule has 1 fully saturated rings. The molecule has 2 unspecified atom stereocenters. The largest absolute Gasteiger partial charge is 0.397 e. The molecule has 1 saturated heterocycles. The maximum absolute atomic E-state index is 11.5. The highest BCUT2D eigenvalue weighted by molar-refractivity contribution is 5.95. The number of piperidine rings is 1. The molecule has 1 aromatic rings. The number of nitrogens with two attached hydrogens (primary N) is 1. The molecule has 20 heavy (non-hydrogen) atoms. The predicted octanol–water partition coefficient (Wildman–Crippen LogP) is 1.36. The zero-order chi connectivity index (χ0) is 14.3. The number of benzene rings is 1. The molecule has 2 heterocycles. The number of nitrogen functional groups attached to an aromatic ring is 1. The van der Waals surface area contributed by atoms with Crippen LogP contribution in [0.5, 0.6) is 0 Å². The molecule has 0 saturated carbocycles. The second kappa shape index (κ2) is 4.98. The highest BCUT2D eigenvalue weighted by Gasteiger charge is 2.26. The van der Waals surface area contributed by atoms with E-state index in [1.807, 2.05) is 12.1 Å². The molecule has 2 aliphatic heterocycles. The first-order valence-corrected chi connectivity index (χ1v) is 7.20. The molecule has 5 nitrogen and oxygen atoms in total. The van der Waals surface area contributed by atoms with Crippen molar-refractivity contribution in [1.29, 1.82) is 0 Å². The van der Waals surface area contributed by atoms with Crippen LogP contribution in [0.25, 0.3) is 0 Å². The van der Waals surface area contributed by atoms with Gasteiger partial charge in [0, 0.05) is 25.2 Å². The third-order valence-corrected chi connectivity index (χ3v) is 4.41. The van der Waals surface area contributed by atoms with E-state index in [1.54, 1.807) is 0 Å². The Labute approximate surface area is 118 Å². The van der Waals surface area contributed by atoms with Crippen molar-refractivity contribution < 1.29 is 9.90 Å².